The predicted octanol–water partition coefficient (Wildman–Crippen LogP) is 0.0952. The third-order valence-electron chi connectivity index (χ3n) is 3.35. The van der Waals surface area contributed by atoms with E-state index >= 15 is 0 Å². The van der Waals surface area contributed by atoms with Crippen LogP contribution in [-0.2, 0) is 21.1 Å². The van der Waals surface area contributed by atoms with Gasteiger partial charge in [-0.15, -0.1) is 10.1 Å². The van der Waals surface area contributed by atoms with Gasteiger partial charge in [0.25, 0.3) is 17.7 Å². The average Bonchev–Trinajstić information content (AvgIpc) is 2.62. The van der Waals surface area contributed by atoms with Crippen molar-refractivity contribution >= 4 is 18.0 Å². The molecular formula is C16H23N4O8+. The van der Waals surface area contributed by atoms with Gasteiger partial charge in [0, 0.05) is 12.6 Å². The fraction of sp³-hybridized carbons (Fsp3) is 0.500. The lowest BCUT2D eigenvalue weighted by molar-refractivity contribution is -0.757. The molecule has 28 heavy (non-hydrogen) atoms. The van der Waals surface area contributed by atoms with Gasteiger partial charge in [-0.2, -0.15) is 4.57 Å². The number of hydrogen-bond donors (Lipinski definition) is 3. The maximum Gasteiger partial charge on any atom is 0.412 e. The van der Waals surface area contributed by atoms with Crippen LogP contribution in [0.15, 0.2) is 24.5 Å². The van der Waals surface area contributed by atoms with E-state index in [0.717, 1.165) is 0 Å². The molecule has 1 atom stereocenters. The molecule has 1 rings (SSSR count). The van der Waals surface area contributed by atoms with Crippen molar-refractivity contribution in [2.75, 3.05) is 13.2 Å². The van der Waals surface area contributed by atoms with Crippen LogP contribution in [0.2, 0.25) is 0 Å². The number of carboxylic acids is 1. The summed E-state index contributed by atoms with van der Waals surface area (Å²) >= 11 is 0. The van der Waals surface area contributed by atoms with Crippen LogP contribution in [0.5, 0.6) is 0 Å². The topological polar surface area (TPSA) is 161 Å². The number of amides is 2. The number of aliphatic carboxylic acids is 1. The molecule has 2 amide bonds. The summed E-state index contributed by atoms with van der Waals surface area (Å²) in [5.74, 6) is -1.58. The maximum absolute atomic E-state index is 12.0. The fourth-order valence-corrected chi connectivity index (χ4v) is 2.13. The smallest absolute Gasteiger partial charge is 0.412 e. The molecule has 0 saturated carbocycles. The minimum absolute atomic E-state index is 0.0555. The number of nitrogens with one attached hydrogen (secondary N) is 2. The summed E-state index contributed by atoms with van der Waals surface area (Å²) in [6, 6.07) is 1.99. The molecule has 12 heteroatoms. The quantitative estimate of drug-likeness (QED) is 0.204. The zero-order valence-electron chi connectivity index (χ0n) is 15.5. The van der Waals surface area contributed by atoms with E-state index in [1.54, 1.807) is 12.3 Å². The Hall–Kier alpha value is -3.44. The zero-order chi connectivity index (χ0) is 21.1. The zero-order valence-corrected chi connectivity index (χ0v) is 15.5. The number of nitrogens with zero attached hydrogens (tertiary/aromatic N) is 2. The first kappa shape index (κ1) is 22.6. The van der Waals surface area contributed by atoms with Gasteiger partial charge in [0.05, 0.1) is 0 Å². The number of hydrogen-bond acceptors (Lipinski definition) is 7. The number of pyridine rings is 1. The minimum atomic E-state index is -1.15. The van der Waals surface area contributed by atoms with Gasteiger partial charge in [-0.1, -0.05) is 13.8 Å². The van der Waals surface area contributed by atoms with E-state index in [-0.39, 0.29) is 37.8 Å². The summed E-state index contributed by atoms with van der Waals surface area (Å²) < 4.78 is 6.38. The number of carbonyl (C=O) groups excluding carboxylic acids is 2. The second-order valence-electron chi connectivity index (χ2n) is 6.15. The van der Waals surface area contributed by atoms with E-state index < -0.39 is 29.1 Å². The van der Waals surface area contributed by atoms with E-state index in [1.807, 2.05) is 13.8 Å². The number of rotatable bonds is 11. The van der Waals surface area contributed by atoms with Crippen molar-refractivity contribution in [1.82, 2.24) is 10.6 Å². The van der Waals surface area contributed by atoms with Gasteiger partial charge >= 0.3 is 12.1 Å². The summed E-state index contributed by atoms with van der Waals surface area (Å²) in [4.78, 5) is 49.0. The van der Waals surface area contributed by atoms with E-state index in [4.69, 9.17) is 9.84 Å². The highest BCUT2D eigenvalue weighted by atomic mass is 16.9. The Morgan fingerprint density at radius 2 is 2.07 bits per heavy atom. The molecule has 3 N–H and O–H groups in total. The van der Waals surface area contributed by atoms with Crippen molar-refractivity contribution in [2.24, 2.45) is 5.92 Å². The van der Waals surface area contributed by atoms with Gasteiger partial charge in [-0.3, -0.25) is 4.79 Å². The summed E-state index contributed by atoms with van der Waals surface area (Å²) in [7, 11) is 0. The van der Waals surface area contributed by atoms with Crippen LogP contribution in [-0.4, -0.2) is 47.4 Å². The first-order valence-corrected chi connectivity index (χ1v) is 8.39. The molecule has 1 heterocycles. The Balaban J connectivity index is 2.53. The Morgan fingerprint density at radius 1 is 1.36 bits per heavy atom. The third kappa shape index (κ3) is 8.78. The summed E-state index contributed by atoms with van der Waals surface area (Å²) in [5.41, 5.74) is 0.232. The highest BCUT2D eigenvalue weighted by molar-refractivity contribution is 5.93. The molecule has 1 aromatic rings. The van der Waals surface area contributed by atoms with Crippen molar-refractivity contribution in [3.8, 4) is 0 Å². The van der Waals surface area contributed by atoms with Crippen molar-refractivity contribution in [2.45, 2.75) is 33.0 Å². The van der Waals surface area contributed by atoms with Crippen LogP contribution in [0.1, 0.15) is 30.6 Å². The third-order valence-corrected chi connectivity index (χ3v) is 3.35. The average molecular weight is 399 g/mol. The normalized spacial score (nSPS) is 11.4. The molecule has 0 saturated heterocycles. The number of carbonyl (C=O) groups is 3. The Kier molecular flexibility index (Phi) is 9.13. The highest BCUT2D eigenvalue weighted by Crippen LogP contribution is 2.05. The minimum Gasteiger partial charge on any atom is -0.480 e. The lowest BCUT2D eigenvalue weighted by Crippen LogP contribution is -2.44. The second kappa shape index (κ2) is 11.3. The predicted molar refractivity (Wildman–Crippen MR) is 92.4 cm³/mol. The van der Waals surface area contributed by atoms with Crippen LogP contribution in [0.3, 0.4) is 0 Å². The van der Waals surface area contributed by atoms with Gasteiger partial charge < -0.3 is 25.3 Å². The summed E-state index contributed by atoms with van der Waals surface area (Å²) in [5, 5.41) is 22.9. The van der Waals surface area contributed by atoms with Crippen molar-refractivity contribution < 1.29 is 38.7 Å². The number of alkyl carbamates (subject to hydrolysis) is 1. The first-order chi connectivity index (χ1) is 13.2. The molecular weight excluding hydrogens is 376 g/mol. The van der Waals surface area contributed by atoms with Gasteiger partial charge in [-0.05, 0) is 18.4 Å². The van der Waals surface area contributed by atoms with E-state index in [0.29, 0.717) is 0 Å². The van der Waals surface area contributed by atoms with Crippen LogP contribution in [0, 0.1) is 16.0 Å². The highest BCUT2D eigenvalue weighted by Gasteiger charge is 2.22. The molecule has 0 aromatic carbocycles. The van der Waals surface area contributed by atoms with Crippen LogP contribution in [0.4, 0.5) is 4.79 Å². The first-order valence-electron chi connectivity index (χ1n) is 8.39. The molecule has 0 aliphatic rings. The van der Waals surface area contributed by atoms with Crippen molar-refractivity contribution in [3.05, 3.63) is 40.2 Å². The molecule has 12 nitrogen and oxygen atoms in total. The van der Waals surface area contributed by atoms with Crippen LogP contribution >= 0.6 is 0 Å². The molecule has 0 unspecified atom stereocenters. The molecule has 0 aliphatic heterocycles. The molecule has 0 bridgehead atoms. The van der Waals surface area contributed by atoms with Gasteiger partial charge in [-0.25, -0.2) is 9.59 Å². The fourth-order valence-electron chi connectivity index (χ4n) is 2.13. The maximum atomic E-state index is 12.0. The summed E-state index contributed by atoms with van der Waals surface area (Å²) in [6.45, 7) is 3.08. The number of aromatic nitrogens is 1. The lowest BCUT2D eigenvalue weighted by Gasteiger charge is -2.15. The van der Waals surface area contributed by atoms with Gasteiger partial charge in [0.15, 0.2) is 12.4 Å². The molecule has 1 aromatic heterocycles. The molecule has 0 radical (unpaired) electrons. The van der Waals surface area contributed by atoms with Crippen LogP contribution < -0.4 is 15.2 Å². The molecule has 0 spiro atoms. The number of carboxylic acid groups (broad SMARTS) is 1. The standard InChI is InChI=1S/C16H22N4O8/c1-11(2)8-13(15(22)23)18-16(24)27-10-19-6-3-4-12(9-19)14(21)17-5-7-28-20(25)26/h3-4,6,9,11,13H,5,7-8,10H2,1-2H3,(H2-,17,18,21,22,23,24)/p+1/t13-/m0/s1. The Labute approximate surface area is 160 Å². The van der Waals surface area contributed by atoms with E-state index in [9.17, 15) is 24.5 Å². The van der Waals surface area contributed by atoms with Gasteiger partial charge in [0.1, 0.15) is 18.2 Å². The molecule has 0 fully saturated rings. The van der Waals surface area contributed by atoms with Crippen LogP contribution in [0.25, 0.3) is 0 Å². The lowest BCUT2D eigenvalue weighted by atomic mass is 10.0. The van der Waals surface area contributed by atoms with Crippen molar-refractivity contribution in [3.63, 3.8) is 0 Å². The largest absolute Gasteiger partial charge is 0.480 e. The molecule has 0 aliphatic carbocycles. The van der Waals surface area contributed by atoms with Gasteiger partial charge in [0.2, 0.25) is 0 Å². The molecule has 154 valence electrons. The van der Waals surface area contributed by atoms with E-state index in [1.165, 1.54) is 16.8 Å². The SMILES string of the molecule is CC(C)C[C@H](NC(=O)OC[n+]1cccc(C(=O)NCCO[N+](=O)[O-])c1)C(=O)O. The van der Waals surface area contributed by atoms with Crippen molar-refractivity contribution in [1.29, 1.82) is 0 Å². The van der Waals surface area contributed by atoms with E-state index in [2.05, 4.69) is 15.5 Å². The summed E-state index contributed by atoms with van der Waals surface area (Å²) in [6.07, 6.45) is 2.31. The Morgan fingerprint density at radius 3 is 2.68 bits per heavy atom. The number of ether oxygens (including phenoxy) is 1. The second-order valence-corrected chi connectivity index (χ2v) is 6.15. The monoisotopic (exact) mass is 399 g/mol. The Bertz CT molecular complexity index is 710.